The van der Waals surface area contributed by atoms with E-state index in [4.69, 9.17) is 11.6 Å². The van der Waals surface area contributed by atoms with Gasteiger partial charge in [-0.25, -0.2) is 4.68 Å². The molecule has 3 heteroatoms. The van der Waals surface area contributed by atoms with E-state index in [-0.39, 0.29) is 0 Å². The fourth-order valence-corrected chi connectivity index (χ4v) is 2.49. The van der Waals surface area contributed by atoms with Gasteiger partial charge in [0, 0.05) is 16.6 Å². The molecule has 0 fully saturated rings. The van der Waals surface area contributed by atoms with E-state index in [1.165, 1.54) is 5.56 Å². The van der Waals surface area contributed by atoms with Crippen LogP contribution in [0.2, 0.25) is 5.02 Å². The fraction of sp³-hybridized carbons (Fsp3) is 0.133. The van der Waals surface area contributed by atoms with Crippen molar-refractivity contribution in [3.8, 4) is 5.69 Å². The lowest BCUT2D eigenvalue weighted by Gasteiger charge is -2.04. The number of aromatic nitrogens is 2. The number of fused-ring (bicyclic) bond motifs is 1. The summed E-state index contributed by atoms with van der Waals surface area (Å²) in [6.07, 6.45) is 2.02. The highest BCUT2D eigenvalue weighted by atomic mass is 35.5. The minimum Gasteiger partial charge on any atom is -0.239 e. The van der Waals surface area contributed by atoms with E-state index in [0.29, 0.717) is 0 Å². The van der Waals surface area contributed by atoms with Gasteiger partial charge in [-0.05, 0) is 43.2 Å². The Morgan fingerprint density at radius 3 is 2.61 bits per heavy atom. The van der Waals surface area contributed by atoms with Crippen LogP contribution in [0.15, 0.2) is 42.6 Å². The van der Waals surface area contributed by atoms with Gasteiger partial charge in [0.05, 0.1) is 11.2 Å². The van der Waals surface area contributed by atoms with Crippen LogP contribution in [-0.2, 0) is 0 Å². The molecule has 0 radical (unpaired) electrons. The first-order chi connectivity index (χ1) is 8.65. The summed E-state index contributed by atoms with van der Waals surface area (Å²) in [6, 6.07) is 12.1. The standard InChI is InChI=1S/C15H13ClN2/c1-10-5-3-4-6-14(10)18-9-12-8-13(16)7-11(2)15(12)17-18/h3-9H,1-2H3. The van der Waals surface area contributed by atoms with Crippen LogP contribution in [0.25, 0.3) is 16.6 Å². The molecule has 0 spiro atoms. The number of hydrogen-bond donors (Lipinski definition) is 0. The molecule has 3 rings (SSSR count). The Kier molecular flexibility index (Phi) is 2.60. The number of nitrogens with zero attached hydrogens (tertiary/aromatic N) is 2. The molecule has 90 valence electrons. The molecule has 1 heterocycles. The number of aryl methyl sites for hydroxylation is 2. The topological polar surface area (TPSA) is 17.8 Å². The van der Waals surface area contributed by atoms with Crippen molar-refractivity contribution in [1.82, 2.24) is 9.78 Å². The number of halogens is 1. The van der Waals surface area contributed by atoms with Crippen molar-refractivity contribution in [3.05, 3.63) is 58.7 Å². The van der Waals surface area contributed by atoms with Gasteiger partial charge in [-0.15, -0.1) is 0 Å². The van der Waals surface area contributed by atoms with Gasteiger partial charge in [0.25, 0.3) is 0 Å². The highest BCUT2D eigenvalue weighted by Crippen LogP contribution is 2.24. The Balaban J connectivity index is 2.26. The second kappa shape index (κ2) is 4.14. The Bertz CT molecular complexity index is 728. The van der Waals surface area contributed by atoms with Gasteiger partial charge >= 0.3 is 0 Å². The molecule has 0 N–H and O–H groups in total. The van der Waals surface area contributed by atoms with E-state index < -0.39 is 0 Å². The van der Waals surface area contributed by atoms with Crippen LogP contribution in [0.5, 0.6) is 0 Å². The maximum Gasteiger partial charge on any atom is 0.0957 e. The summed E-state index contributed by atoms with van der Waals surface area (Å²) in [5.74, 6) is 0. The minimum absolute atomic E-state index is 0.754. The van der Waals surface area contributed by atoms with Gasteiger partial charge < -0.3 is 0 Å². The molecular formula is C15H13ClN2. The van der Waals surface area contributed by atoms with Crippen molar-refractivity contribution in [1.29, 1.82) is 0 Å². The number of benzene rings is 2. The lowest BCUT2D eigenvalue weighted by molar-refractivity contribution is 0.886. The third-order valence-electron chi connectivity index (χ3n) is 3.13. The highest BCUT2D eigenvalue weighted by Gasteiger charge is 2.07. The van der Waals surface area contributed by atoms with Crippen molar-refractivity contribution in [2.24, 2.45) is 0 Å². The van der Waals surface area contributed by atoms with Crippen molar-refractivity contribution in [3.63, 3.8) is 0 Å². The average Bonchev–Trinajstić information content (AvgIpc) is 2.73. The molecule has 3 aromatic rings. The summed E-state index contributed by atoms with van der Waals surface area (Å²) in [4.78, 5) is 0. The van der Waals surface area contributed by atoms with E-state index in [1.807, 2.05) is 42.1 Å². The average molecular weight is 257 g/mol. The maximum atomic E-state index is 6.07. The largest absolute Gasteiger partial charge is 0.239 e. The summed E-state index contributed by atoms with van der Waals surface area (Å²) in [7, 11) is 0. The van der Waals surface area contributed by atoms with Crippen LogP contribution >= 0.6 is 11.6 Å². The van der Waals surface area contributed by atoms with Crippen LogP contribution in [0, 0.1) is 13.8 Å². The third kappa shape index (κ3) is 1.79. The van der Waals surface area contributed by atoms with Gasteiger partial charge in [-0.2, -0.15) is 5.10 Å². The van der Waals surface area contributed by atoms with Gasteiger partial charge in [-0.3, -0.25) is 0 Å². The summed E-state index contributed by atoms with van der Waals surface area (Å²) in [5.41, 5.74) is 4.41. The third-order valence-corrected chi connectivity index (χ3v) is 3.34. The molecular weight excluding hydrogens is 244 g/mol. The zero-order chi connectivity index (χ0) is 12.7. The molecule has 2 aromatic carbocycles. The molecule has 1 aromatic heterocycles. The molecule has 0 saturated carbocycles. The van der Waals surface area contributed by atoms with Gasteiger partial charge in [-0.1, -0.05) is 29.8 Å². The van der Waals surface area contributed by atoms with Gasteiger partial charge in [0.2, 0.25) is 0 Å². The Labute approximate surface area is 111 Å². The van der Waals surface area contributed by atoms with Crippen LogP contribution in [0.3, 0.4) is 0 Å². The predicted octanol–water partition coefficient (Wildman–Crippen LogP) is 4.30. The Hall–Kier alpha value is -1.80. The van der Waals surface area contributed by atoms with Crippen LogP contribution in [0.1, 0.15) is 11.1 Å². The fourth-order valence-electron chi connectivity index (χ4n) is 2.21. The predicted molar refractivity (Wildman–Crippen MR) is 75.6 cm³/mol. The highest BCUT2D eigenvalue weighted by molar-refractivity contribution is 6.31. The van der Waals surface area contributed by atoms with Crippen LogP contribution in [0.4, 0.5) is 0 Å². The quantitative estimate of drug-likeness (QED) is 0.635. The monoisotopic (exact) mass is 256 g/mol. The van der Waals surface area contributed by atoms with Gasteiger partial charge in [0.15, 0.2) is 0 Å². The summed E-state index contributed by atoms with van der Waals surface area (Å²) in [5, 5.41) is 6.47. The van der Waals surface area contributed by atoms with Gasteiger partial charge in [0.1, 0.15) is 0 Å². The van der Waals surface area contributed by atoms with Crippen molar-refractivity contribution >= 4 is 22.5 Å². The van der Waals surface area contributed by atoms with E-state index in [0.717, 1.165) is 27.2 Å². The van der Waals surface area contributed by atoms with E-state index in [2.05, 4.69) is 24.2 Å². The molecule has 0 aliphatic rings. The molecule has 0 aliphatic carbocycles. The lowest BCUT2D eigenvalue weighted by atomic mass is 10.2. The van der Waals surface area contributed by atoms with E-state index in [1.54, 1.807) is 0 Å². The zero-order valence-corrected chi connectivity index (χ0v) is 11.1. The maximum absolute atomic E-state index is 6.07. The number of hydrogen-bond acceptors (Lipinski definition) is 1. The SMILES string of the molecule is Cc1ccccc1-n1cc2cc(Cl)cc(C)c2n1. The molecule has 0 saturated heterocycles. The molecule has 0 aliphatic heterocycles. The Morgan fingerprint density at radius 1 is 1.06 bits per heavy atom. The first-order valence-electron chi connectivity index (χ1n) is 5.87. The lowest BCUT2D eigenvalue weighted by Crippen LogP contribution is -1.96. The first kappa shape index (κ1) is 11.3. The molecule has 0 atom stereocenters. The normalized spacial score (nSPS) is 11.1. The zero-order valence-electron chi connectivity index (χ0n) is 10.3. The summed E-state index contributed by atoms with van der Waals surface area (Å²) < 4.78 is 1.92. The second-order valence-electron chi connectivity index (χ2n) is 4.52. The van der Waals surface area contributed by atoms with Crippen LogP contribution in [-0.4, -0.2) is 9.78 Å². The van der Waals surface area contributed by atoms with Crippen molar-refractivity contribution in [2.75, 3.05) is 0 Å². The first-order valence-corrected chi connectivity index (χ1v) is 6.24. The smallest absolute Gasteiger partial charge is 0.0957 e. The number of para-hydroxylation sites is 1. The molecule has 0 unspecified atom stereocenters. The van der Waals surface area contributed by atoms with E-state index >= 15 is 0 Å². The van der Waals surface area contributed by atoms with Crippen molar-refractivity contribution in [2.45, 2.75) is 13.8 Å². The minimum atomic E-state index is 0.754. The number of rotatable bonds is 1. The van der Waals surface area contributed by atoms with Crippen molar-refractivity contribution < 1.29 is 0 Å². The molecule has 18 heavy (non-hydrogen) atoms. The summed E-state index contributed by atoms with van der Waals surface area (Å²) >= 11 is 6.07. The van der Waals surface area contributed by atoms with E-state index in [9.17, 15) is 0 Å². The molecule has 0 amide bonds. The second-order valence-corrected chi connectivity index (χ2v) is 4.96. The van der Waals surface area contributed by atoms with Crippen LogP contribution < -0.4 is 0 Å². The Morgan fingerprint density at radius 2 is 1.83 bits per heavy atom. The summed E-state index contributed by atoms with van der Waals surface area (Å²) in [6.45, 7) is 4.12. The molecule has 2 nitrogen and oxygen atoms in total. The molecule has 0 bridgehead atoms.